The van der Waals surface area contributed by atoms with Crippen LogP contribution in [0.4, 0.5) is 0 Å². The van der Waals surface area contributed by atoms with Gasteiger partial charge in [0.1, 0.15) is 0 Å². The fourth-order valence-corrected chi connectivity index (χ4v) is 6.25. The Labute approximate surface area is 369 Å². The molecule has 0 fully saturated rings. The van der Waals surface area contributed by atoms with E-state index in [-0.39, 0.29) is 37.1 Å². The predicted octanol–water partition coefficient (Wildman–Crippen LogP) is 13.4. The second-order valence-corrected chi connectivity index (χ2v) is 15.6. The van der Waals surface area contributed by atoms with Gasteiger partial charge >= 0.3 is 0 Å². The zero-order valence-electron chi connectivity index (χ0n) is 44.7. The summed E-state index contributed by atoms with van der Waals surface area (Å²) in [7, 11) is 0. The van der Waals surface area contributed by atoms with Gasteiger partial charge in [0, 0.05) is 60.0 Å². The first-order valence-corrected chi connectivity index (χ1v) is 18.4. The molecular weight excluding hydrogens is 875 g/mol. The maximum absolute atomic E-state index is 8.90. The molecule has 0 saturated carbocycles. The fraction of sp³-hybridized carbons (Fsp3) is 0.250. The molecule has 0 aliphatic rings. The van der Waals surface area contributed by atoms with Crippen molar-refractivity contribution in [1.82, 2.24) is 15.0 Å². The van der Waals surface area contributed by atoms with Gasteiger partial charge in [-0.1, -0.05) is 138 Å². The molecule has 0 aliphatic heterocycles. The van der Waals surface area contributed by atoms with Gasteiger partial charge in [-0.2, -0.15) is 0 Å². The van der Waals surface area contributed by atoms with Gasteiger partial charge < -0.3 is 14.4 Å². The average molecular weight is 938 g/mol. The summed E-state index contributed by atoms with van der Waals surface area (Å²) in [5.74, 6) is 0. The monoisotopic (exact) mass is 938 g/mol. The Hall–Kier alpha value is -5.22. The van der Waals surface area contributed by atoms with Gasteiger partial charge in [-0.25, -0.2) is 4.98 Å². The van der Waals surface area contributed by atoms with Crippen molar-refractivity contribution in [2.24, 2.45) is 10.8 Å². The van der Waals surface area contributed by atoms with Crippen LogP contribution >= 0.6 is 0 Å². The summed E-state index contributed by atoms with van der Waals surface area (Å²) < 4.78 is 104. The molecule has 0 atom stereocenters. The minimum Gasteiger partial charge on any atom is -0.486 e. The van der Waals surface area contributed by atoms with E-state index in [2.05, 4.69) is 27.1 Å². The number of benzene rings is 4. The van der Waals surface area contributed by atoms with Gasteiger partial charge in [0.2, 0.25) is 5.71 Å². The van der Waals surface area contributed by atoms with E-state index in [0.717, 1.165) is 10.9 Å². The van der Waals surface area contributed by atoms with Crippen LogP contribution in [0.25, 0.3) is 55.7 Å². The van der Waals surface area contributed by atoms with Crippen molar-refractivity contribution in [1.29, 1.82) is 0 Å². The molecule has 4 aromatic heterocycles. The number of hydrogen-bond acceptors (Lipinski definition) is 4. The minimum atomic E-state index is -2.36. The molecule has 0 saturated heterocycles. The van der Waals surface area contributed by atoms with E-state index in [1.54, 1.807) is 72.9 Å². The van der Waals surface area contributed by atoms with E-state index in [1.165, 1.54) is 18.3 Å². The van der Waals surface area contributed by atoms with Crippen LogP contribution in [0.15, 0.2) is 132 Å². The minimum absolute atomic E-state index is 0. The first kappa shape index (κ1) is 28.2. The normalized spacial score (nSPS) is 15.9. The predicted molar refractivity (Wildman–Crippen MR) is 233 cm³/mol. The van der Waals surface area contributed by atoms with Gasteiger partial charge in [-0.05, 0) is 94.2 Å². The van der Waals surface area contributed by atoms with E-state index in [1.807, 2.05) is 77.9 Å². The van der Waals surface area contributed by atoms with Gasteiger partial charge in [0.15, 0.2) is 0 Å². The fourth-order valence-electron chi connectivity index (χ4n) is 6.25. The summed E-state index contributed by atoms with van der Waals surface area (Å²) in [6.45, 7) is 6.46. The topological polar surface area (TPSA) is 51.8 Å². The van der Waals surface area contributed by atoms with Gasteiger partial charge in [-0.3, -0.25) is 0 Å². The molecule has 57 heavy (non-hydrogen) atoms. The summed E-state index contributed by atoms with van der Waals surface area (Å²) in [5.41, 5.74) is 5.05. The quantitative estimate of drug-likeness (QED) is 0.149. The Morgan fingerprint density at radius 2 is 1.42 bits per heavy atom. The third kappa shape index (κ3) is 10.6. The van der Waals surface area contributed by atoms with Crippen LogP contribution in [-0.4, -0.2) is 15.0 Å². The molecule has 0 amide bonds. The van der Waals surface area contributed by atoms with Crippen molar-refractivity contribution in [3.63, 3.8) is 0 Å². The number of furan rings is 1. The maximum Gasteiger partial charge on any atom is 0.216 e. The number of aromatic nitrogens is 3. The van der Waals surface area contributed by atoms with E-state index in [4.69, 9.17) is 20.9 Å². The smallest absolute Gasteiger partial charge is 0.216 e. The Morgan fingerprint density at radius 3 is 2.12 bits per heavy atom. The molecule has 291 valence electrons. The summed E-state index contributed by atoms with van der Waals surface area (Å²) in [6, 6.07) is 38.8. The second-order valence-electron chi connectivity index (χ2n) is 15.6. The van der Waals surface area contributed by atoms with E-state index < -0.39 is 43.7 Å². The van der Waals surface area contributed by atoms with Crippen LogP contribution in [0.2, 0.25) is 0 Å². The van der Waals surface area contributed by atoms with E-state index in [0.29, 0.717) is 61.3 Å². The standard InChI is InChI=1S/C29H27N2O.C23H24N.Ir/c1-19-8-13-24-23-6-5-7-25(27(23)32-28(24)31-19)26-17-22(14-15-30-26)16-20-9-11-21(12-10-20)18-29(2,3)4;1-17-10-12-20(14-21(17)19-8-6-5-7-9-19)22-13-11-18(16-24-22)15-23(2,3)4;/h5-6,8-15,17H,16,18H2,1-4H3;5-11,13-14,16H,15H2,1-4H3;/q2*-1;/i1D3,16D2,18D2;1D3,15D2;. The van der Waals surface area contributed by atoms with Gasteiger partial charge in [-0.15, -0.1) is 47.5 Å². The number of aryl methyl sites for hydroxylation is 2. The number of pyridine rings is 3. The molecule has 4 nitrogen and oxygen atoms in total. The maximum atomic E-state index is 8.90. The van der Waals surface area contributed by atoms with Crippen molar-refractivity contribution in [2.45, 2.75) is 74.4 Å². The van der Waals surface area contributed by atoms with Crippen molar-refractivity contribution in [3.05, 3.63) is 173 Å². The van der Waals surface area contributed by atoms with Crippen LogP contribution in [0.5, 0.6) is 0 Å². The Kier molecular flexibility index (Phi) is 8.67. The van der Waals surface area contributed by atoms with E-state index >= 15 is 0 Å². The van der Waals surface area contributed by atoms with Crippen molar-refractivity contribution in [3.8, 4) is 33.6 Å². The Balaban J connectivity index is 0.000000233. The zero-order chi connectivity index (χ0) is 49.8. The summed E-state index contributed by atoms with van der Waals surface area (Å²) >= 11 is 0. The number of fused-ring (bicyclic) bond motifs is 3. The molecule has 8 rings (SSSR count). The number of nitrogens with zero attached hydrogens (tertiary/aromatic N) is 3. The van der Waals surface area contributed by atoms with Crippen LogP contribution in [0, 0.1) is 36.7 Å². The molecule has 4 aromatic carbocycles. The summed E-state index contributed by atoms with van der Waals surface area (Å²) in [6.07, 6.45) is -1.92. The molecule has 0 spiro atoms. The van der Waals surface area contributed by atoms with Gasteiger partial charge in [0.25, 0.3) is 0 Å². The second kappa shape index (κ2) is 17.5. The van der Waals surface area contributed by atoms with Crippen LogP contribution in [-0.2, 0) is 39.2 Å². The van der Waals surface area contributed by atoms with Crippen LogP contribution < -0.4 is 0 Å². The zero-order valence-corrected chi connectivity index (χ0v) is 35.1. The van der Waals surface area contributed by atoms with E-state index in [9.17, 15) is 0 Å². The Morgan fingerprint density at radius 1 is 0.684 bits per heavy atom. The molecule has 8 aromatic rings. The number of rotatable bonds is 7. The summed E-state index contributed by atoms with van der Waals surface area (Å²) in [4.78, 5) is 13.1. The SMILES string of the molecule is [2H]C([2H])([2H])c1c[c-]c(-c2ccc(C([2H])([2H])C(C)(C)C)cn2)cc1-c1ccccc1.[2H]C([2H])([2H])c1ccc2c(n1)oc1c(-c3cc(C([2H])([2H])c4ccc(C([2H])([2H])C(C)(C)C)cc4)ccn3)[c-]ccc12.[Ir]. The van der Waals surface area contributed by atoms with Crippen LogP contribution in [0.3, 0.4) is 0 Å². The third-order valence-electron chi connectivity index (χ3n) is 8.60. The first-order valence-electron chi connectivity index (χ1n) is 24.4. The first-order chi connectivity index (χ1) is 31.5. The van der Waals surface area contributed by atoms with Crippen LogP contribution in [0.1, 0.15) is 91.5 Å². The molecule has 4 heterocycles. The molecule has 0 bridgehead atoms. The van der Waals surface area contributed by atoms with Crippen molar-refractivity contribution < 1.29 is 41.0 Å². The molecule has 0 unspecified atom stereocenters. The molecular formula is C52H51IrN3O-2. The van der Waals surface area contributed by atoms with Crippen molar-refractivity contribution >= 4 is 22.1 Å². The number of hydrogen-bond donors (Lipinski definition) is 0. The van der Waals surface area contributed by atoms with Gasteiger partial charge in [0.05, 0.1) is 5.58 Å². The molecule has 0 N–H and O–H groups in total. The summed E-state index contributed by atoms with van der Waals surface area (Å²) in [5, 5.41) is 1.39. The largest absolute Gasteiger partial charge is 0.486 e. The molecule has 0 aliphatic carbocycles. The average Bonchev–Trinajstić information content (AvgIpc) is 3.66. The third-order valence-corrected chi connectivity index (χ3v) is 8.60. The van der Waals surface area contributed by atoms with Crippen molar-refractivity contribution in [2.75, 3.05) is 0 Å². The molecule has 1 radical (unpaired) electrons. The molecule has 5 heteroatoms. The Bertz CT molecular complexity index is 3080.